The Morgan fingerprint density at radius 3 is 2.58 bits per heavy atom. The minimum atomic E-state index is -1.23. The monoisotopic (exact) mass is 724 g/mol. The van der Waals surface area contributed by atoms with Gasteiger partial charge in [0, 0.05) is 60.6 Å². The van der Waals surface area contributed by atoms with Crippen molar-refractivity contribution in [3.05, 3.63) is 95.6 Å². The Labute approximate surface area is 310 Å². The van der Waals surface area contributed by atoms with E-state index in [4.69, 9.17) is 14.2 Å². The lowest BCUT2D eigenvalue weighted by Crippen LogP contribution is -2.32. The van der Waals surface area contributed by atoms with Crippen LogP contribution in [0.3, 0.4) is 0 Å². The molecule has 1 amide bonds. The maximum absolute atomic E-state index is 13.8. The Kier molecular flexibility index (Phi) is 13.3. The Hall–Kier alpha value is -4.25. The van der Waals surface area contributed by atoms with Crippen molar-refractivity contribution in [2.75, 3.05) is 56.3 Å². The first-order valence-electron chi connectivity index (χ1n) is 18.7. The number of nitrogens with one attached hydrogen (secondary N) is 1. The highest BCUT2D eigenvalue weighted by Crippen LogP contribution is 2.34. The highest BCUT2D eigenvalue weighted by Gasteiger charge is 2.24. The first-order valence-corrected chi connectivity index (χ1v) is 20.0. The van der Waals surface area contributed by atoms with Crippen molar-refractivity contribution in [1.29, 1.82) is 0 Å². The van der Waals surface area contributed by atoms with Crippen LogP contribution in [0.15, 0.2) is 83.5 Å². The fourth-order valence-electron chi connectivity index (χ4n) is 6.77. The zero-order chi connectivity index (χ0) is 36.3. The van der Waals surface area contributed by atoms with Gasteiger partial charge in [-0.1, -0.05) is 31.5 Å². The summed E-state index contributed by atoms with van der Waals surface area (Å²) in [5, 5.41) is 3.11. The summed E-state index contributed by atoms with van der Waals surface area (Å²) in [6.45, 7) is 12.2. The number of aromatic nitrogens is 2. The van der Waals surface area contributed by atoms with Gasteiger partial charge in [0.2, 0.25) is 0 Å². The Balaban J connectivity index is 1.18. The number of fused-ring (bicyclic) bond motifs is 1. The molecule has 3 heterocycles. The van der Waals surface area contributed by atoms with Gasteiger partial charge in [-0.3, -0.25) is 9.00 Å². The van der Waals surface area contributed by atoms with Crippen molar-refractivity contribution < 1.29 is 23.2 Å². The number of unbranched alkanes of at least 4 members (excludes halogenated alkanes) is 1. The summed E-state index contributed by atoms with van der Waals surface area (Å²) in [6.07, 6.45) is 8.64. The second kappa shape index (κ2) is 18.5. The predicted octanol–water partition coefficient (Wildman–Crippen LogP) is 8.04. The number of hydrogen-bond donors (Lipinski definition) is 1. The molecule has 1 aromatic heterocycles. The second-order valence-corrected chi connectivity index (χ2v) is 15.0. The largest absolute Gasteiger partial charge is 0.491 e. The molecule has 0 radical (unpaired) electrons. The van der Waals surface area contributed by atoms with Gasteiger partial charge in [-0.05, 0) is 111 Å². The van der Waals surface area contributed by atoms with Crippen molar-refractivity contribution >= 4 is 34.2 Å². The molecule has 6 rings (SSSR count). The molecule has 10 heteroatoms. The van der Waals surface area contributed by atoms with Crippen molar-refractivity contribution in [2.45, 2.75) is 70.1 Å². The van der Waals surface area contributed by atoms with E-state index in [1.807, 2.05) is 47.9 Å². The number of rotatable bonds is 16. The molecule has 2 aliphatic heterocycles. The first-order chi connectivity index (χ1) is 25.4. The molecular weight excluding hydrogens is 673 g/mol. The summed E-state index contributed by atoms with van der Waals surface area (Å²) in [6, 6.07) is 22.1. The van der Waals surface area contributed by atoms with Gasteiger partial charge in [-0.2, -0.15) is 0 Å². The molecule has 1 fully saturated rings. The molecule has 52 heavy (non-hydrogen) atoms. The van der Waals surface area contributed by atoms with E-state index < -0.39 is 10.8 Å². The van der Waals surface area contributed by atoms with Gasteiger partial charge >= 0.3 is 0 Å². The number of nitrogens with zero attached hydrogens (tertiary/aromatic N) is 3. The van der Waals surface area contributed by atoms with Gasteiger partial charge < -0.3 is 29.0 Å². The SMILES string of the molecule is CCCCOCCOc1ccc(-c2ccc3c(c2)/C=C(/C(=O)Nc2ccc([S@](=O)Cc4c(C)ncn4CC)cc2)CCCN3CC2CCOC2)cc1. The first kappa shape index (κ1) is 37.5. The predicted molar refractivity (Wildman–Crippen MR) is 209 cm³/mol. The Bertz CT molecular complexity index is 1830. The number of aryl methyl sites for hydroxylation is 2. The normalized spacial score (nSPS) is 17.5. The number of imidazole rings is 1. The molecule has 0 aliphatic carbocycles. The lowest BCUT2D eigenvalue weighted by atomic mass is 9.95. The highest BCUT2D eigenvalue weighted by molar-refractivity contribution is 7.84. The Morgan fingerprint density at radius 2 is 1.83 bits per heavy atom. The summed E-state index contributed by atoms with van der Waals surface area (Å²) in [5.41, 5.74) is 7.62. The van der Waals surface area contributed by atoms with Crippen molar-refractivity contribution in [3.63, 3.8) is 0 Å². The lowest BCUT2D eigenvalue weighted by Gasteiger charge is -2.31. The standard InChI is InChI=1S/C42H52N4O5S/c1-4-6-21-49-23-24-51-38-14-9-33(10-15-38)34-11-18-40-36(25-34)26-35(8-7-20-46(40)27-32-19-22-50-28-32)42(47)44-37-12-16-39(17-13-37)52(48)29-41-31(3)43-30-45(41)5-2/h9-18,25-26,30,32H,4-8,19-24,27-29H2,1-3H3,(H,44,47)/b35-26+/t32?,52-/m1/s1. The zero-order valence-corrected chi connectivity index (χ0v) is 31.6. The van der Waals surface area contributed by atoms with Crippen LogP contribution < -0.4 is 15.0 Å². The van der Waals surface area contributed by atoms with Crippen LogP contribution in [0.25, 0.3) is 17.2 Å². The maximum Gasteiger partial charge on any atom is 0.251 e. The molecule has 0 saturated carbocycles. The molecule has 2 aliphatic rings. The summed E-state index contributed by atoms with van der Waals surface area (Å²) in [7, 11) is -1.23. The molecule has 4 aromatic rings. The zero-order valence-electron chi connectivity index (χ0n) is 30.8. The third-order valence-corrected chi connectivity index (χ3v) is 11.2. The van der Waals surface area contributed by atoms with Gasteiger partial charge in [0.05, 0.1) is 47.5 Å². The van der Waals surface area contributed by atoms with Gasteiger partial charge in [-0.15, -0.1) is 0 Å². The molecule has 1 N–H and O–H groups in total. The average molecular weight is 725 g/mol. The molecule has 2 atom stereocenters. The van der Waals surface area contributed by atoms with E-state index in [1.54, 1.807) is 6.33 Å². The van der Waals surface area contributed by atoms with E-state index in [1.165, 1.54) is 0 Å². The van der Waals surface area contributed by atoms with E-state index in [-0.39, 0.29) is 5.91 Å². The minimum absolute atomic E-state index is 0.120. The molecule has 0 spiro atoms. The van der Waals surface area contributed by atoms with Crippen LogP contribution in [0.2, 0.25) is 0 Å². The number of ether oxygens (including phenoxy) is 3. The van der Waals surface area contributed by atoms with Crippen molar-refractivity contribution in [1.82, 2.24) is 9.55 Å². The summed E-state index contributed by atoms with van der Waals surface area (Å²) >= 11 is 0. The van der Waals surface area contributed by atoms with Crippen LogP contribution in [0.1, 0.15) is 62.9 Å². The summed E-state index contributed by atoms with van der Waals surface area (Å²) in [4.78, 5) is 21.4. The Morgan fingerprint density at radius 1 is 1.02 bits per heavy atom. The highest BCUT2D eigenvalue weighted by atomic mass is 32.2. The average Bonchev–Trinajstić information content (AvgIpc) is 3.80. The van der Waals surface area contributed by atoms with E-state index in [0.29, 0.717) is 37.0 Å². The lowest BCUT2D eigenvalue weighted by molar-refractivity contribution is -0.112. The van der Waals surface area contributed by atoms with Crippen LogP contribution in [-0.2, 0) is 37.4 Å². The van der Waals surface area contributed by atoms with Crippen LogP contribution >= 0.6 is 0 Å². The number of carbonyl (C=O) groups excluding carboxylic acids is 1. The van der Waals surface area contributed by atoms with Crippen LogP contribution in [0.5, 0.6) is 5.75 Å². The fourth-order valence-corrected chi connectivity index (χ4v) is 8.00. The quantitative estimate of drug-likeness (QED) is 0.117. The molecule has 1 saturated heterocycles. The van der Waals surface area contributed by atoms with Gasteiger partial charge in [0.15, 0.2) is 0 Å². The molecule has 276 valence electrons. The molecule has 9 nitrogen and oxygen atoms in total. The van der Waals surface area contributed by atoms with Gasteiger partial charge in [-0.25, -0.2) is 4.98 Å². The summed E-state index contributed by atoms with van der Waals surface area (Å²) in [5.74, 6) is 1.59. The van der Waals surface area contributed by atoms with Crippen molar-refractivity contribution in [3.8, 4) is 16.9 Å². The number of amides is 1. The van der Waals surface area contributed by atoms with Crippen LogP contribution in [0.4, 0.5) is 11.4 Å². The fraction of sp³-hybridized carbons (Fsp3) is 0.429. The van der Waals surface area contributed by atoms with Crippen LogP contribution in [-0.4, -0.2) is 65.8 Å². The summed E-state index contributed by atoms with van der Waals surface area (Å²) < 4.78 is 32.5. The number of anilines is 2. The second-order valence-electron chi connectivity index (χ2n) is 13.6. The van der Waals surface area contributed by atoms with Crippen LogP contribution in [0, 0.1) is 12.8 Å². The van der Waals surface area contributed by atoms with E-state index in [9.17, 15) is 9.00 Å². The van der Waals surface area contributed by atoms with Gasteiger partial charge in [0.1, 0.15) is 12.4 Å². The van der Waals surface area contributed by atoms with Gasteiger partial charge in [0.25, 0.3) is 5.91 Å². The minimum Gasteiger partial charge on any atom is -0.491 e. The molecule has 0 bridgehead atoms. The number of hydrogen-bond acceptors (Lipinski definition) is 7. The third-order valence-electron chi connectivity index (χ3n) is 9.83. The number of benzene rings is 3. The van der Waals surface area contributed by atoms with E-state index >= 15 is 0 Å². The smallest absolute Gasteiger partial charge is 0.251 e. The topological polar surface area (TPSA) is 94.9 Å². The van der Waals surface area contributed by atoms with E-state index in [0.717, 1.165) is 115 Å². The number of carbonyl (C=O) groups is 1. The molecule has 3 aromatic carbocycles. The molecule has 1 unspecified atom stereocenters. The van der Waals surface area contributed by atoms with Crippen molar-refractivity contribution in [2.24, 2.45) is 5.92 Å². The molecular formula is C42H52N4O5S. The maximum atomic E-state index is 13.8. The third kappa shape index (κ3) is 9.79. The van der Waals surface area contributed by atoms with E-state index in [2.05, 4.69) is 65.5 Å².